The van der Waals surface area contributed by atoms with Crippen LogP contribution in [0.4, 0.5) is 33.8 Å². The Morgan fingerprint density at radius 2 is 0.333 bits per heavy atom. The summed E-state index contributed by atoms with van der Waals surface area (Å²) in [5.74, 6) is 0. The Hall–Kier alpha value is 1.56. The molecule has 0 amide bonds. The quantitative estimate of drug-likeness (QED) is 0.353. The number of rotatable bonds is 0. The van der Waals surface area contributed by atoms with Gasteiger partial charge in [0, 0.05) is 0 Å². The van der Waals surface area contributed by atoms with Gasteiger partial charge in [-0.25, -0.2) is 0 Å². The van der Waals surface area contributed by atoms with Crippen molar-refractivity contribution >= 4 is 62.0 Å². The second-order valence-corrected chi connectivity index (χ2v) is 12.9. The van der Waals surface area contributed by atoms with E-state index in [0.29, 0.717) is 0 Å². The Labute approximate surface area is 94.9 Å². The summed E-state index contributed by atoms with van der Waals surface area (Å²) in [6.07, 6.45) is 0. The van der Waals surface area contributed by atoms with Gasteiger partial charge in [-0.1, -0.05) is 0 Å². The van der Waals surface area contributed by atoms with Crippen LogP contribution in [0.25, 0.3) is 0 Å². The molecule has 0 nitrogen and oxygen atoms in total. The predicted molar refractivity (Wildman–Crippen MR) is 30.6 cm³/mol. The molecule has 0 N–H and O–H groups in total. The first-order chi connectivity index (χ1) is 4.90. The summed E-state index contributed by atoms with van der Waals surface area (Å²) in [6.45, 7) is 0. The molecule has 0 bridgehead atoms. The first-order valence-corrected chi connectivity index (χ1v) is 13.6. The smallest absolute Gasteiger partial charge is 2.00 e. The van der Waals surface area contributed by atoms with Gasteiger partial charge >= 0.3 is 95.8 Å². The molecule has 0 aliphatic carbocycles. The van der Waals surface area contributed by atoms with Gasteiger partial charge in [-0.15, -0.1) is 0 Å². The molecule has 0 atom stereocenters. The summed E-state index contributed by atoms with van der Waals surface area (Å²) in [4.78, 5) is 0. The Balaban J connectivity index is -0.000000180. The molecule has 0 radical (unpaired) electrons. The molecule has 0 rings (SSSR count). The van der Waals surface area contributed by atoms with Crippen LogP contribution in [0.15, 0.2) is 0 Å². The third-order valence-electron chi connectivity index (χ3n) is 0. The van der Waals surface area contributed by atoms with Gasteiger partial charge in [-0.3, -0.25) is 0 Å². The molecule has 96 valence electrons. The van der Waals surface area contributed by atoms with Crippen LogP contribution in [0.3, 0.4) is 0 Å². The van der Waals surface area contributed by atoms with Crippen LogP contribution in [-0.4, -0.2) is 62.0 Å². The minimum absolute atomic E-state index is 0. The summed E-state index contributed by atoms with van der Waals surface area (Å²) in [5.41, 5.74) is 0. The van der Waals surface area contributed by atoms with Crippen molar-refractivity contribution in [3.63, 3.8) is 0 Å². The van der Waals surface area contributed by atoms with Gasteiger partial charge in [-0.2, -0.15) is 0 Å². The Kier molecular flexibility index (Phi) is 4.82. The van der Waals surface area contributed by atoms with Gasteiger partial charge in [0.05, 0.1) is 0 Å². The topological polar surface area (TPSA) is 0 Å². The Morgan fingerprint density at radius 3 is 0.333 bits per heavy atom. The molecule has 0 aromatic carbocycles. The SMILES string of the molecule is [F][Sb-]([F])([F])([F])([F])[F].[F][Sb-]([F])([F])([F])([F])[F].[Mg+2]. The number of hydrogen-bond donors (Lipinski definition) is 0. The van der Waals surface area contributed by atoms with Crippen LogP contribution >= 0.6 is 0 Å². The molecule has 0 aromatic heterocycles. The summed E-state index contributed by atoms with van der Waals surface area (Å²) in [5, 5.41) is 0. The summed E-state index contributed by atoms with van der Waals surface area (Å²) in [7, 11) is 0. The van der Waals surface area contributed by atoms with Crippen LogP contribution in [0.1, 0.15) is 0 Å². The van der Waals surface area contributed by atoms with E-state index >= 15 is 0 Å². The predicted octanol–water partition coefficient (Wildman–Crippen LogP) is 3.90. The zero-order valence-corrected chi connectivity index (χ0v) is 12.7. The van der Waals surface area contributed by atoms with Gasteiger partial charge in [0.15, 0.2) is 0 Å². The molecular weight excluding hydrogens is 496 g/mol. The molecule has 0 heterocycles. The Morgan fingerprint density at radius 1 is 0.333 bits per heavy atom. The summed E-state index contributed by atoms with van der Waals surface area (Å²) in [6, 6.07) is 0. The fourth-order valence-corrected chi connectivity index (χ4v) is 0. The standard InChI is InChI=1S/12FH.Mg.2Sb/h12*1H;;;/q;;;;;;;;;;;;+2;2*+5/p-12. The fraction of sp³-hybridized carbons (Fsp3) is 0. The van der Waals surface area contributed by atoms with Crippen molar-refractivity contribution in [3.05, 3.63) is 0 Å². The first-order valence-electron chi connectivity index (χ1n) is 2.03. The molecule has 0 unspecified atom stereocenters. The molecule has 15 heavy (non-hydrogen) atoms. The largest absolute Gasteiger partial charge is 2.00 e. The van der Waals surface area contributed by atoms with Crippen molar-refractivity contribution in [2.45, 2.75) is 0 Å². The molecule has 0 saturated heterocycles. The molecule has 0 fully saturated rings. The maximum atomic E-state index is 9.93. The van der Waals surface area contributed by atoms with Crippen molar-refractivity contribution in [1.82, 2.24) is 0 Å². The van der Waals surface area contributed by atoms with Gasteiger partial charge in [-0.05, 0) is 0 Å². The Bertz CT molecular complexity index is 161. The second kappa shape index (κ2) is 3.31. The zero-order valence-electron chi connectivity index (χ0n) is 6.14. The maximum Gasteiger partial charge on any atom is 2.00 e. The van der Waals surface area contributed by atoms with Crippen LogP contribution in [0.2, 0.25) is 0 Å². The first kappa shape index (κ1) is 21.8. The molecular formula is F12MgSb2. The van der Waals surface area contributed by atoms with Crippen molar-refractivity contribution in [1.29, 1.82) is 0 Å². The summed E-state index contributed by atoms with van der Waals surface area (Å²) >= 11 is -22.5. The van der Waals surface area contributed by atoms with E-state index in [1.807, 2.05) is 0 Å². The molecule has 0 spiro atoms. The van der Waals surface area contributed by atoms with E-state index in [9.17, 15) is 33.8 Å². The van der Waals surface area contributed by atoms with Crippen LogP contribution < -0.4 is 0 Å². The van der Waals surface area contributed by atoms with Crippen molar-refractivity contribution < 1.29 is 33.8 Å². The van der Waals surface area contributed by atoms with E-state index < -0.39 is 39.0 Å². The number of halogens is 12. The molecule has 0 saturated carbocycles. The normalized spacial score (nSPS) is 21.6. The van der Waals surface area contributed by atoms with E-state index in [2.05, 4.69) is 0 Å². The van der Waals surface area contributed by atoms with Crippen LogP contribution in [0.5, 0.6) is 0 Å². The van der Waals surface area contributed by atoms with E-state index in [0.717, 1.165) is 0 Å². The molecule has 0 aromatic rings. The van der Waals surface area contributed by atoms with Crippen molar-refractivity contribution in [2.75, 3.05) is 0 Å². The van der Waals surface area contributed by atoms with E-state index in [-0.39, 0.29) is 23.1 Å². The van der Waals surface area contributed by atoms with Crippen molar-refractivity contribution in [2.24, 2.45) is 0 Å². The van der Waals surface area contributed by atoms with Crippen LogP contribution in [-0.2, 0) is 0 Å². The van der Waals surface area contributed by atoms with Gasteiger partial charge in [0.1, 0.15) is 0 Å². The monoisotopic (exact) mass is 494 g/mol. The van der Waals surface area contributed by atoms with Gasteiger partial charge < -0.3 is 0 Å². The van der Waals surface area contributed by atoms with E-state index in [1.165, 1.54) is 0 Å². The second-order valence-electron chi connectivity index (χ2n) is 1.92. The molecule has 0 aliphatic heterocycles. The third-order valence-corrected chi connectivity index (χ3v) is 0. The van der Waals surface area contributed by atoms with E-state index in [4.69, 9.17) is 0 Å². The zero-order chi connectivity index (χ0) is 12.8. The average molecular weight is 496 g/mol. The number of hydrogen-bond acceptors (Lipinski definition) is 0. The van der Waals surface area contributed by atoms with Gasteiger partial charge in [0.25, 0.3) is 0 Å². The average Bonchev–Trinajstić information content (AvgIpc) is 0.938. The maximum absolute atomic E-state index is 11.2. The van der Waals surface area contributed by atoms with E-state index in [1.54, 1.807) is 0 Å². The van der Waals surface area contributed by atoms with Crippen LogP contribution in [0, 0.1) is 0 Å². The third kappa shape index (κ3) is 1170. The fourth-order valence-electron chi connectivity index (χ4n) is 0. The summed E-state index contributed by atoms with van der Waals surface area (Å²) < 4.78 is 119. The minimum Gasteiger partial charge on any atom is 2.00 e. The van der Waals surface area contributed by atoms with Gasteiger partial charge in [0.2, 0.25) is 0 Å². The molecule has 15 heteroatoms. The molecule has 0 aliphatic rings. The minimum atomic E-state index is -11.2. The van der Waals surface area contributed by atoms with Crippen molar-refractivity contribution in [3.8, 4) is 0 Å².